The van der Waals surface area contributed by atoms with E-state index in [1.807, 2.05) is 6.07 Å². The molecule has 0 saturated carbocycles. The number of carbonyl (C=O) groups is 2. The van der Waals surface area contributed by atoms with Crippen molar-refractivity contribution >= 4 is 22.0 Å². The summed E-state index contributed by atoms with van der Waals surface area (Å²) >= 11 is 0. The quantitative estimate of drug-likeness (QED) is 0.405. The lowest BCUT2D eigenvalue weighted by Crippen LogP contribution is -2.27. The summed E-state index contributed by atoms with van der Waals surface area (Å²) in [5.74, 6) is -1.45. The summed E-state index contributed by atoms with van der Waals surface area (Å²) in [6.07, 6.45) is 2.22. The molecule has 0 radical (unpaired) electrons. The minimum absolute atomic E-state index is 0.0399. The third kappa shape index (κ3) is 8.74. The van der Waals surface area contributed by atoms with Gasteiger partial charge in [0.15, 0.2) is 0 Å². The topological polar surface area (TPSA) is 98.8 Å². The molecule has 0 unspecified atom stereocenters. The van der Waals surface area contributed by atoms with Crippen molar-refractivity contribution in [3.63, 3.8) is 0 Å². The van der Waals surface area contributed by atoms with Gasteiger partial charge in [0.25, 0.3) is 0 Å². The SMILES string of the molecule is COC(=O)/C=C/C(=O)OCCCNS(=O)(=O)Cc1ccccc1. The van der Waals surface area contributed by atoms with Crippen molar-refractivity contribution in [2.24, 2.45) is 0 Å². The first-order valence-corrected chi connectivity index (χ1v) is 8.52. The Labute approximate surface area is 135 Å². The van der Waals surface area contributed by atoms with Gasteiger partial charge in [0.1, 0.15) is 0 Å². The number of esters is 2. The third-order valence-electron chi connectivity index (χ3n) is 2.64. The molecule has 0 bridgehead atoms. The average molecular weight is 341 g/mol. The first kappa shape index (κ1) is 18.9. The maximum absolute atomic E-state index is 11.8. The van der Waals surface area contributed by atoms with Gasteiger partial charge in [-0.2, -0.15) is 0 Å². The second-order valence-electron chi connectivity index (χ2n) is 4.52. The summed E-state index contributed by atoms with van der Waals surface area (Å²) in [6, 6.07) is 8.81. The van der Waals surface area contributed by atoms with E-state index < -0.39 is 22.0 Å². The standard InChI is InChI=1S/C15H19NO6S/c1-21-14(17)8-9-15(18)22-11-5-10-16-23(19,20)12-13-6-3-2-4-7-13/h2-4,6-9,16H,5,10-12H2,1H3/b9-8+. The van der Waals surface area contributed by atoms with E-state index in [4.69, 9.17) is 4.74 Å². The van der Waals surface area contributed by atoms with Gasteiger partial charge in [0, 0.05) is 18.7 Å². The van der Waals surface area contributed by atoms with E-state index in [-0.39, 0.29) is 18.9 Å². The Morgan fingerprint density at radius 2 is 1.78 bits per heavy atom. The van der Waals surface area contributed by atoms with Gasteiger partial charge in [-0.05, 0) is 12.0 Å². The molecule has 0 aliphatic rings. The Balaban J connectivity index is 2.22. The lowest BCUT2D eigenvalue weighted by molar-refractivity contribution is -0.139. The van der Waals surface area contributed by atoms with Gasteiger partial charge < -0.3 is 9.47 Å². The van der Waals surface area contributed by atoms with Crippen molar-refractivity contribution in [2.75, 3.05) is 20.3 Å². The second-order valence-corrected chi connectivity index (χ2v) is 6.32. The number of methoxy groups -OCH3 is 1. The molecule has 1 aromatic carbocycles. The molecule has 8 heteroatoms. The smallest absolute Gasteiger partial charge is 0.331 e. The molecule has 0 aliphatic heterocycles. The molecular formula is C15H19NO6S. The minimum atomic E-state index is -3.43. The average Bonchev–Trinajstić information content (AvgIpc) is 2.52. The molecule has 0 spiro atoms. The highest BCUT2D eigenvalue weighted by Crippen LogP contribution is 2.03. The van der Waals surface area contributed by atoms with Crippen molar-refractivity contribution in [1.29, 1.82) is 0 Å². The zero-order chi connectivity index (χ0) is 17.1. The highest BCUT2D eigenvalue weighted by molar-refractivity contribution is 7.88. The summed E-state index contributed by atoms with van der Waals surface area (Å²) in [5, 5.41) is 0. The predicted molar refractivity (Wildman–Crippen MR) is 83.8 cm³/mol. The number of carbonyl (C=O) groups excluding carboxylic acids is 2. The Hall–Kier alpha value is -2.19. The summed E-state index contributed by atoms with van der Waals surface area (Å²) in [6.45, 7) is 0.196. The largest absolute Gasteiger partial charge is 0.466 e. The van der Waals surface area contributed by atoms with E-state index >= 15 is 0 Å². The van der Waals surface area contributed by atoms with Crippen LogP contribution < -0.4 is 4.72 Å². The molecule has 0 atom stereocenters. The van der Waals surface area contributed by atoms with Crippen LogP contribution in [0, 0.1) is 0 Å². The molecular weight excluding hydrogens is 322 g/mol. The molecule has 126 valence electrons. The first-order chi connectivity index (χ1) is 10.9. The van der Waals surface area contributed by atoms with Gasteiger partial charge in [-0.25, -0.2) is 22.7 Å². The minimum Gasteiger partial charge on any atom is -0.466 e. The van der Waals surface area contributed by atoms with Crippen LogP contribution in [0.1, 0.15) is 12.0 Å². The van der Waals surface area contributed by atoms with Crippen LogP contribution >= 0.6 is 0 Å². The van der Waals surface area contributed by atoms with Crippen LogP contribution in [-0.2, 0) is 34.8 Å². The summed E-state index contributed by atoms with van der Waals surface area (Å²) in [7, 11) is -2.23. The molecule has 0 aliphatic carbocycles. The van der Waals surface area contributed by atoms with Crippen LogP contribution in [0.5, 0.6) is 0 Å². The fraction of sp³-hybridized carbons (Fsp3) is 0.333. The molecule has 0 aromatic heterocycles. The molecule has 0 saturated heterocycles. The zero-order valence-corrected chi connectivity index (χ0v) is 13.5. The molecule has 23 heavy (non-hydrogen) atoms. The Morgan fingerprint density at radius 1 is 1.13 bits per heavy atom. The molecule has 0 heterocycles. The number of hydrogen-bond donors (Lipinski definition) is 1. The summed E-state index contributed by atoms with van der Waals surface area (Å²) in [5.41, 5.74) is 0.694. The number of rotatable bonds is 9. The van der Waals surface area contributed by atoms with Crippen LogP contribution in [0.3, 0.4) is 0 Å². The summed E-state index contributed by atoms with van der Waals surface area (Å²) < 4.78 is 35.2. The molecule has 1 rings (SSSR count). The number of ether oxygens (including phenoxy) is 2. The van der Waals surface area contributed by atoms with E-state index in [0.29, 0.717) is 12.0 Å². The highest BCUT2D eigenvalue weighted by atomic mass is 32.2. The van der Waals surface area contributed by atoms with Crippen LogP contribution in [0.15, 0.2) is 42.5 Å². The maximum atomic E-state index is 11.8. The fourth-order valence-corrected chi connectivity index (χ4v) is 2.76. The van der Waals surface area contributed by atoms with Gasteiger partial charge in [-0.1, -0.05) is 30.3 Å². The maximum Gasteiger partial charge on any atom is 0.331 e. The van der Waals surface area contributed by atoms with Crippen molar-refractivity contribution in [3.05, 3.63) is 48.0 Å². The lowest BCUT2D eigenvalue weighted by Gasteiger charge is -2.07. The fourth-order valence-electron chi connectivity index (χ4n) is 1.57. The molecule has 7 nitrogen and oxygen atoms in total. The molecule has 0 amide bonds. The number of benzene rings is 1. The van der Waals surface area contributed by atoms with Crippen molar-refractivity contribution in [1.82, 2.24) is 4.72 Å². The zero-order valence-electron chi connectivity index (χ0n) is 12.7. The normalized spacial score (nSPS) is 11.3. The van der Waals surface area contributed by atoms with Crippen LogP contribution in [-0.4, -0.2) is 40.6 Å². The van der Waals surface area contributed by atoms with Crippen LogP contribution in [0.25, 0.3) is 0 Å². The van der Waals surface area contributed by atoms with Gasteiger partial charge in [0.2, 0.25) is 10.0 Å². The van der Waals surface area contributed by atoms with Crippen molar-refractivity contribution < 1.29 is 27.5 Å². The van der Waals surface area contributed by atoms with Gasteiger partial charge in [-0.15, -0.1) is 0 Å². The van der Waals surface area contributed by atoms with Gasteiger partial charge in [-0.3, -0.25) is 0 Å². The van der Waals surface area contributed by atoms with E-state index in [2.05, 4.69) is 9.46 Å². The first-order valence-electron chi connectivity index (χ1n) is 6.87. The van der Waals surface area contributed by atoms with E-state index in [1.165, 1.54) is 7.11 Å². The molecule has 1 N–H and O–H groups in total. The number of sulfonamides is 1. The highest BCUT2D eigenvalue weighted by Gasteiger charge is 2.10. The van der Waals surface area contributed by atoms with Crippen LogP contribution in [0.4, 0.5) is 0 Å². The van der Waals surface area contributed by atoms with E-state index in [9.17, 15) is 18.0 Å². The van der Waals surface area contributed by atoms with Gasteiger partial charge in [0.05, 0.1) is 19.5 Å². The van der Waals surface area contributed by atoms with Crippen LogP contribution in [0.2, 0.25) is 0 Å². The molecule has 0 fully saturated rings. The molecule has 1 aromatic rings. The Morgan fingerprint density at radius 3 is 2.43 bits per heavy atom. The monoisotopic (exact) mass is 341 g/mol. The van der Waals surface area contributed by atoms with Crippen molar-refractivity contribution in [3.8, 4) is 0 Å². The predicted octanol–water partition coefficient (Wildman–Crippen LogP) is 0.769. The Kier molecular flexibility index (Phi) is 8.00. The van der Waals surface area contributed by atoms with Gasteiger partial charge >= 0.3 is 11.9 Å². The second kappa shape index (κ2) is 9.75. The van der Waals surface area contributed by atoms with Crippen molar-refractivity contribution in [2.45, 2.75) is 12.2 Å². The van der Waals surface area contributed by atoms with E-state index in [0.717, 1.165) is 12.2 Å². The van der Waals surface area contributed by atoms with E-state index in [1.54, 1.807) is 24.3 Å². The summed E-state index contributed by atoms with van der Waals surface area (Å²) in [4.78, 5) is 22.0. The third-order valence-corrected chi connectivity index (χ3v) is 4.00. The number of nitrogens with one attached hydrogen (secondary N) is 1. The lowest BCUT2D eigenvalue weighted by atomic mass is 10.2. The Bertz CT molecular complexity index is 639. The number of hydrogen-bond acceptors (Lipinski definition) is 6.